The first kappa shape index (κ1) is 13.2. The lowest BCUT2D eigenvalue weighted by molar-refractivity contribution is 0.468. The zero-order chi connectivity index (χ0) is 11.8. The van der Waals surface area contributed by atoms with Crippen molar-refractivity contribution in [1.29, 1.82) is 0 Å². The van der Waals surface area contributed by atoms with E-state index in [2.05, 4.69) is 37.4 Å². The normalized spacial score (nSPS) is 12.9. The fraction of sp³-hybridized carbons (Fsp3) is 0.769. The third-order valence-electron chi connectivity index (χ3n) is 2.97. The van der Waals surface area contributed by atoms with Crippen LogP contribution in [0.1, 0.15) is 45.6 Å². The number of nitrogens with zero attached hydrogens (tertiary/aromatic N) is 2. The lowest BCUT2D eigenvalue weighted by atomic mass is 10.1. The molecule has 3 nitrogen and oxygen atoms in total. The van der Waals surface area contributed by atoms with E-state index < -0.39 is 0 Å². The van der Waals surface area contributed by atoms with Crippen molar-refractivity contribution in [3.8, 4) is 0 Å². The molecule has 0 saturated carbocycles. The second kappa shape index (κ2) is 7.44. The van der Waals surface area contributed by atoms with Crippen LogP contribution in [0.4, 0.5) is 0 Å². The van der Waals surface area contributed by atoms with Gasteiger partial charge in [0.1, 0.15) is 0 Å². The zero-order valence-corrected chi connectivity index (χ0v) is 10.9. The highest BCUT2D eigenvalue weighted by Crippen LogP contribution is 2.06. The molecule has 92 valence electrons. The van der Waals surface area contributed by atoms with Gasteiger partial charge in [-0.2, -0.15) is 5.10 Å². The van der Waals surface area contributed by atoms with E-state index in [9.17, 15) is 0 Å². The fourth-order valence-corrected chi connectivity index (χ4v) is 1.85. The van der Waals surface area contributed by atoms with Crippen molar-refractivity contribution in [3.05, 3.63) is 18.0 Å². The van der Waals surface area contributed by atoms with Crippen molar-refractivity contribution >= 4 is 0 Å². The van der Waals surface area contributed by atoms with Gasteiger partial charge in [0.25, 0.3) is 0 Å². The summed E-state index contributed by atoms with van der Waals surface area (Å²) in [6.45, 7) is 8.68. The molecule has 0 aromatic carbocycles. The lowest BCUT2D eigenvalue weighted by Gasteiger charge is -2.15. The minimum absolute atomic E-state index is 0.657. The maximum atomic E-state index is 4.30. The van der Waals surface area contributed by atoms with Crippen LogP contribution in [-0.2, 0) is 13.0 Å². The maximum absolute atomic E-state index is 4.30. The van der Waals surface area contributed by atoms with Gasteiger partial charge in [0, 0.05) is 18.8 Å². The van der Waals surface area contributed by atoms with Crippen LogP contribution >= 0.6 is 0 Å². The molecule has 0 fully saturated rings. The number of aryl methyl sites for hydroxylation is 2. The molecule has 3 heteroatoms. The van der Waals surface area contributed by atoms with E-state index in [1.807, 2.05) is 10.9 Å². The molecule has 1 heterocycles. The maximum Gasteiger partial charge on any atom is 0.0521 e. The van der Waals surface area contributed by atoms with Crippen LogP contribution in [0.15, 0.2) is 12.4 Å². The van der Waals surface area contributed by atoms with E-state index in [1.54, 1.807) is 0 Å². The number of hydrogen-bond donors (Lipinski definition) is 1. The van der Waals surface area contributed by atoms with Gasteiger partial charge < -0.3 is 5.32 Å². The molecular formula is C13H25N3. The van der Waals surface area contributed by atoms with Gasteiger partial charge in [0.2, 0.25) is 0 Å². The molecule has 0 radical (unpaired) electrons. The van der Waals surface area contributed by atoms with Gasteiger partial charge in [-0.3, -0.25) is 4.68 Å². The number of hydrogen-bond acceptors (Lipinski definition) is 2. The minimum atomic E-state index is 0.657. The summed E-state index contributed by atoms with van der Waals surface area (Å²) in [5.74, 6) is 0. The Kier molecular flexibility index (Phi) is 6.16. The van der Waals surface area contributed by atoms with Gasteiger partial charge in [-0.15, -0.1) is 0 Å². The van der Waals surface area contributed by atoms with Crippen molar-refractivity contribution in [2.45, 2.75) is 59.0 Å². The summed E-state index contributed by atoms with van der Waals surface area (Å²) in [6, 6.07) is 0.657. The fourth-order valence-electron chi connectivity index (χ4n) is 1.85. The summed E-state index contributed by atoms with van der Waals surface area (Å²) < 4.78 is 2.00. The van der Waals surface area contributed by atoms with Crippen molar-refractivity contribution in [2.75, 3.05) is 6.54 Å². The Morgan fingerprint density at radius 2 is 2.19 bits per heavy atom. The van der Waals surface area contributed by atoms with E-state index >= 15 is 0 Å². The highest BCUT2D eigenvalue weighted by molar-refractivity contribution is 5.04. The third-order valence-corrected chi connectivity index (χ3v) is 2.97. The molecule has 1 unspecified atom stereocenters. The monoisotopic (exact) mass is 223 g/mol. The Bertz CT molecular complexity index is 280. The van der Waals surface area contributed by atoms with Crippen LogP contribution in [0.2, 0.25) is 0 Å². The van der Waals surface area contributed by atoms with Crippen molar-refractivity contribution < 1.29 is 0 Å². The minimum Gasteiger partial charge on any atom is -0.314 e. The molecule has 1 aromatic rings. The van der Waals surface area contributed by atoms with Crippen LogP contribution in [-0.4, -0.2) is 22.4 Å². The SMILES string of the molecule is CCCNC(CC)CCc1cnn(CC)c1. The second-order valence-electron chi connectivity index (χ2n) is 4.30. The summed E-state index contributed by atoms with van der Waals surface area (Å²) in [7, 11) is 0. The van der Waals surface area contributed by atoms with E-state index in [0.29, 0.717) is 6.04 Å². The molecule has 0 aliphatic heterocycles. The Hall–Kier alpha value is -0.830. The predicted octanol–water partition coefficient (Wildman–Crippen LogP) is 2.61. The average molecular weight is 223 g/mol. The first-order valence-electron chi connectivity index (χ1n) is 6.54. The standard InChI is InChI=1S/C13H25N3/c1-4-9-14-13(5-2)8-7-12-10-15-16(6-3)11-12/h10-11,13-14H,4-9H2,1-3H3. The number of nitrogens with one attached hydrogen (secondary N) is 1. The zero-order valence-electron chi connectivity index (χ0n) is 10.9. The van der Waals surface area contributed by atoms with Gasteiger partial charge >= 0.3 is 0 Å². The van der Waals surface area contributed by atoms with E-state index in [-0.39, 0.29) is 0 Å². The van der Waals surface area contributed by atoms with Crippen LogP contribution in [0.3, 0.4) is 0 Å². The molecule has 1 N–H and O–H groups in total. The average Bonchev–Trinajstić information content (AvgIpc) is 2.77. The molecule has 1 atom stereocenters. The van der Waals surface area contributed by atoms with Crippen molar-refractivity contribution in [2.24, 2.45) is 0 Å². The lowest BCUT2D eigenvalue weighted by Crippen LogP contribution is -2.29. The first-order chi connectivity index (χ1) is 7.80. The van der Waals surface area contributed by atoms with E-state index in [4.69, 9.17) is 0 Å². The molecule has 0 amide bonds. The Morgan fingerprint density at radius 1 is 1.38 bits per heavy atom. The second-order valence-corrected chi connectivity index (χ2v) is 4.30. The van der Waals surface area contributed by atoms with Crippen LogP contribution in [0.5, 0.6) is 0 Å². The van der Waals surface area contributed by atoms with Crippen LogP contribution in [0.25, 0.3) is 0 Å². The van der Waals surface area contributed by atoms with Gasteiger partial charge in [0.05, 0.1) is 6.20 Å². The van der Waals surface area contributed by atoms with Gasteiger partial charge in [-0.25, -0.2) is 0 Å². The smallest absolute Gasteiger partial charge is 0.0521 e. The van der Waals surface area contributed by atoms with E-state index in [0.717, 1.165) is 19.5 Å². The summed E-state index contributed by atoms with van der Waals surface area (Å²) >= 11 is 0. The summed E-state index contributed by atoms with van der Waals surface area (Å²) in [4.78, 5) is 0. The van der Waals surface area contributed by atoms with Crippen LogP contribution in [0, 0.1) is 0 Å². The first-order valence-corrected chi connectivity index (χ1v) is 6.54. The molecule has 0 saturated heterocycles. The quantitative estimate of drug-likeness (QED) is 0.734. The molecule has 1 aromatic heterocycles. The van der Waals surface area contributed by atoms with Crippen molar-refractivity contribution in [3.63, 3.8) is 0 Å². The molecule has 0 aliphatic carbocycles. The Labute approximate surface area is 99.2 Å². The topological polar surface area (TPSA) is 29.9 Å². The summed E-state index contributed by atoms with van der Waals surface area (Å²) in [5.41, 5.74) is 1.36. The largest absolute Gasteiger partial charge is 0.314 e. The highest BCUT2D eigenvalue weighted by Gasteiger charge is 2.06. The summed E-state index contributed by atoms with van der Waals surface area (Å²) in [5, 5.41) is 7.88. The van der Waals surface area contributed by atoms with Crippen LogP contribution < -0.4 is 5.32 Å². The Balaban J connectivity index is 2.31. The van der Waals surface area contributed by atoms with E-state index in [1.165, 1.54) is 24.8 Å². The molecule has 1 rings (SSSR count). The Morgan fingerprint density at radius 3 is 2.75 bits per heavy atom. The third kappa shape index (κ3) is 4.35. The highest BCUT2D eigenvalue weighted by atomic mass is 15.3. The number of rotatable bonds is 8. The summed E-state index contributed by atoms with van der Waals surface area (Å²) in [6.07, 6.45) is 8.93. The molecule has 0 bridgehead atoms. The van der Waals surface area contributed by atoms with Crippen molar-refractivity contribution in [1.82, 2.24) is 15.1 Å². The van der Waals surface area contributed by atoms with Gasteiger partial charge in [-0.1, -0.05) is 13.8 Å². The number of aromatic nitrogens is 2. The van der Waals surface area contributed by atoms with Gasteiger partial charge in [-0.05, 0) is 44.7 Å². The molecule has 0 spiro atoms. The molecular weight excluding hydrogens is 198 g/mol. The van der Waals surface area contributed by atoms with Gasteiger partial charge in [0.15, 0.2) is 0 Å². The molecule has 0 aliphatic rings. The molecule has 16 heavy (non-hydrogen) atoms. The predicted molar refractivity (Wildman–Crippen MR) is 68.6 cm³/mol.